The lowest BCUT2D eigenvalue weighted by molar-refractivity contribution is -0.138. The van der Waals surface area contributed by atoms with Crippen molar-refractivity contribution in [3.05, 3.63) is 16.2 Å². The Bertz CT molecular complexity index is 614. The molecule has 0 aliphatic rings. The molecule has 2 heterocycles. The number of fused-ring (bicyclic) bond motifs is 1. The van der Waals surface area contributed by atoms with Crippen molar-refractivity contribution < 1.29 is 9.90 Å². The summed E-state index contributed by atoms with van der Waals surface area (Å²) in [6, 6.07) is 1.27. The number of aromatic nitrogens is 2. The summed E-state index contributed by atoms with van der Waals surface area (Å²) in [6.45, 7) is 3.90. The van der Waals surface area contributed by atoms with E-state index >= 15 is 0 Å². The van der Waals surface area contributed by atoms with Gasteiger partial charge in [-0.05, 0) is 31.0 Å². The van der Waals surface area contributed by atoms with Crippen molar-refractivity contribution in [2.24, 2.45) is 0 Å². The molecule has 0 aromatic carbocycles. The van der Waals surface area contributed by atoms with Crippen LogP contribution in [0.3, 0.4) is 0 Å². The van der Waals surface area contributed by atoms with Crippen LogP contribution >= 0.6 is 22.9 Å². The number of carbonyl (C=O) groups is 1. The first-order valence-corrected chi connectivity index (χ1v) is 7.13. The predicted octanol–water partition coefficient (Wildman–Crippen LogP) is 3.32. The summed E-state index contributed by atoms with van der Waals surface area (Å²) in [4.78, 5) is 21.3. The van der Waals surface area contributed by atoms with Gasteiger partial charge in [-0.25, -0.2) is 14.8 Å². The van der Waals surface area contributed by atoms with Gasteiger partial charge in [-0.3, -0.25) is 0 Å². The third-order valence-corrected chi connectivity index (χ3v) is 3.79. The fourth-order valence-corrected chi connectivity index (χ4v) is 2.94. The number of carboxylic acid groups (broad SMARTS) is 1. The highest BCUT2D eigenvalue weighted by molar-refractivity contribution is 7.18. The Balaban J connectivity index is 2.40. The molecular formula is C12H14ClN3O2S. The first-order valence-electron chi connectivity index (χ1n) is 5.94. The van der Waals surface area contributed by atoms with Crippen LogP contribution in [0.5, 0.6) is 0 Å². The number of nitrogens with zero attached hydrogens (tertiary/aromatic N) is 2. The average molecular weight is 300 g/mol. The molecule has 19 heavy (non-hydrogen) atoms. The van der Waals surface area contributed by atoms with Gasteiger partial charge >= 0.3 is 5.97 Å². The standard InChI is InChI=1S/C12H14ClN3O2S/c1-3-4-8(11(17)18)14-9-7-5-6(2)19-10(7)16-12(13)15-9/h5,8H,3-4H2,1-2H3,(H,17,18)(H,14,15,16). The Morgan fingerprint density at radius 2 is 2.32 bits per heavy atom. The molecule has 0 saturated heterocycles. The van der Waals surface area contributed by atoms with Gasteiger partial charge in [0.2, 0.25) is 5.28 Å². The van der Waals surface area contributed by atoms with Crippen LogP contribution in [0.1, 0.15) is 24.6 Å². The first-order chi connectivity index (χ1) is 9.01. The van der Waals surface area contributed by atoms with Gasteiger partial charge in [-0.15, -0.1) is 11.3 Å². The summed E-state index contributed by atoms with van der Waals surface area (Å²) in [5.41, 5.74) is 0. The highest BCUT2D eigenvalue weighted by Crippen LogP contribution is 2.30. The monoisotopic (exact) mass is 299 g/mol. The second-order valence-electron chi connectivity index (χ2n) is 4.24. The minimum absolute atomic E-state index is 0.123. The molecule has 0 spiro atoms. The van der Waals surface area contributed by atoms with Gasteiger partial charge in [0.15, 0.2) is 0 Å². The summed E-state index contributed by atoms with van der Waals surface area (Å²) in [7, 11) is 0. The number of hydrogen-bond donors (Lipinski definition) is 2. The molecular weight excluding hydrogens is 286 g/mol. The highest BCUT2D eigenvalue weighted by atomic mass is 35.5. The van der Waals surface area contributed by atoms with Gasteiger partial charge in [0, 0.05) is 4.88 Å². The zero-order chi connectivity index (χ0) is 14.0. The number of anilines is 1. The zero-order valence-corrected chi connectivity index (χ0v) is 12.2. The topological polar surface area (TPSA) is 75.1 Å². The van der Waals surface area contributed by atoms with E-state index in [1.807, 2.05) is 19.9 Å². The van der Waals surface area contributed by atoms with Gasteiger partial charge < -0.3 is 10.4 Å². The molecule has 102 valence electrons. The Hall–Kier alpha value is -1.40. The summed E-state index contributed by atoms with van der Waals surface area (Å²) < 4.78 is 0. The summed E-state index contributed by atoms with van der Waals surface area (Å²) in [6.07, 6.45) is 1.30. The third kappa shape index (κ3) is 3.13. The predicted molar refractivity (Wildman–Crippen MR) is 77.1 cm³/mol. The van der Waals surface area contributed by atoms with Crippen LogP contribution in [0.4, 0.5) is 5.82 Å². The number of nitrogens with one attached hydrogen (secondary N) is 1. The fraction of sp³-hybridized carbons (Fsp3) is 0.417. The second-order valence-corrected chi connectivity index (χ2v) is 5.81. The summed E-state index contributed by atoms with van der Waals surface area (Å²) >= 11 is 7.38. The van der Waals surface area contributed by atoms with Gasteiger partial charge in [0.1, 0.15) is 16.7 Å². The number of rotatable bonds is 5. The number of aryl methyl sites for hydroxylation is 1. The van der Waals surface area contributed by atoms with Crippen molar-refractivity contribution in [2.45, 2.75) is 32.7 Å². The van der Waals surface area contributed by atoms with E-state index < -0.39 is 12.0 Å². The molecule has 0 amide bonds. The smallest absolute Gasteiger partial charge is 0.326 e. The Morgan fingerprint density at radius 3 is 2.95 bits per heavy atom. The lowest BCUT2D eigenvalue weighted by Crippen LogP contribution is -2.29. The Morgan fingerprint density at radius 1 is 1.58 bits per heavy atom. The van der Waals surface area contributed by atoms with Gasteiger partial charge in [-0.2, -0.15) is 0 Å². The molecule has 0 fully saturated rings. The molecule has 5 nitrogen and oxygen atoms in total. The second kappa shape index (κ2) is 5.71. The number of halogens is 1. The van der Waals surface area contributed by atoms with E-state index in [1.165, 1.54) is 11.3 Å². The first kappa shape index (κ1) is 14.0. The van der Waals surface area contributed by atoms with Crippen LogP contribution in [0.15, 0.2) is 6.07 Å². The normalized spacial score (nSPS) is 12.6. The third-order valence-electron chi connectivity index (χ3n) is 2.68. The molecule has 1 atom stereocenters. The molecule has 2 aromatic rings. The lowest BCUT2D eigenvalue weighted by atomic mass is 10.1. The van der Waals surface area contributed by atoms with Crippen LogP contribution in [0, 0.1) is 6.92 Å². The largest absolute Gasteiger partial charge is 0.480 e. The maximum absolute atomic E-state index is 11.2. The van der Waals surface area contributed by atoms with E-state index in [9.17, 15) is 9.90 Å². The molecule has 7 heteroatoms. The van der Waals surface area contributed by atoms with Crippen LogP contribution < -0.4 is 5.32 Å². The Labute approximate surface area is 119 Å². The van der Waals surface area contributed by atoms with Crippen molar-refractivity contribution in [3.8, 4) is 0 Å². The average Bonchev–Trinajstić information content (AvgIpc) is 2.68. The maximum Gasteiger partial charge on any atom is 0.326 e. The number of thiophene rings is 1. The Kier molecular flexibility index (Phi) is 4.21. The van der Waals surface area contributed by atoms with Crippen LogP contribution in [-0.2, 0) is 4.79 Å². The number of hydrogen-bond acceptors (Lipinski definition) is 5. The van der Waals surface area contributed by atoms with E-state index in [2.05, 4.69) is 15.3 Å². The quantitative estimate of drug-likeness (QED) is 0.828. The molecule has 0 radical (unpaired) electrons. The van der Waals surface area contributed by atoms with E-state index in [1.54, 1.807) is 0 Å². The summed E-state index contributed by atoms with van der Waals surface area (Å²) in [5, 5.41) is 13.1. The molecule has 0 aliphatic heterocycles. The van der Waals surface area contributed by atoms with Crippen LogP contribution in [0.2, 0.25) is 5.28 Å². The van der Waals surface area contributed by atoms with E-state index in [-0.39, 0.29) is 5.28 Å². The number of aliphatic carboxylic acids is 1. The van der Waals surface area contributed by atoms with Gasteiger partial charge in [-0.1, -0.05) is 13.3 Å². The molecule has 0 bridgehead atoms. The lowest BCUT2D eigenvalue weighted by Gasteiger charge is -2.14. The van der Waals surface area contributed by atoms with Gasteiger partial charge in [0.25, 0.3) is 0 Å². The van der Waals surface area contributed by atoms with Gasteiger partial charge in [0.05, 0.1) is 5.39 Å². The minimum Gasteiger partial charge on any atom is -0.480 e. The van der Waals surface area contributed by atoms with Crippen molar-refractivity contribution in [1.29, 1.82) is 0 Å². The molecule has 0 aliphatic carbocycles. The van der Waals surface area contributed by atoms with Crippen LogP contribution in [-0.4, -0.2) is 27.1 Å². The highest BCUT2D eigenvalue weighted by Gasteiger charge is 2.19. The molecule has 2 N–H and O–H groups in total. The van der Waals surface area contributed by atoms with Crippen molar-refractivity contribution in [2.75, 3.05) is 5.32 Å². The molecule has 2 rings (SSSR count). The number of carboxylic acids is 1. The van der Waals surface area contributed by atoms with Crippen molar-refractivity contribution in [1.82, 2.24) is 9.97 Å². The summed E-state index contributed by atoms with van der Waals surface area (Å²) in [5.74, 6) is -0.406. The minimum atomic E-state index is -0.892. The van der Waals surface area contributed by atoms with E-state index in [0.717, 1.165) is 21.5 Å². The molecule has 2 aromatic heterocycles. The zero-order valence-electron chi connectivity index (χ0n) is 10.6. The van der Waals surface area contributed by atoms with Crippen molar-refractivity contribution in [3.63, 3.8) is 0 Å². The maximum atomic E-state index is 11.2. The van der Waals surface area contributed by atoms with Crippen LogP contribution in [0.25, 0.3) is 10.2 Å². The fourth-order valence-electron chi connectivity index (χ4n) is 1.84. The molecule has 0 saturated carbocycles. The van der Waals surface area contributed by atoms with E-state index in [0.29, 0.717) is 12.2 Å². The molecule has 1 unspecified atom stereocenters. The van der Waals surface area contributed by atoms with Crippen molar-refractivity contribution >= 4 is 44.9 Å². The van der Waals surface area contributed by atoms with E-state index in [4.69, 9.17) is 11.6 Å². The SMILES string of the molecule is CCCC(Nc1nc(Cl)nc2sc(C)cc12)C(=O)O.